The van der Waals surface area contributed by atoms with E-state index in [9.17, 15) is 19.5 Å². The highest BCUT2D eigenvalue weighted by molar-refractivity contribution is 5.85. The monoisotopic (exact) mass is 478 g/mol. The second-order valence-electron chi connectivity index (χ2n) is 7.22. The van der Waals surface area contributed by atoms with Gasteiger partial charge in [0.1, 0.15) is 6.61 Å². The first-order valence-corrected chi connectivity index (χ1v) is 10.5. The number of carboxylic acid groups (broad SMARTS) is 1. The minimum atomic E-state index is -1.02. The van der Waals surface area contributed by atoms with Crippen molar-refractivity contribution in [2.75, 3.05) is 19.6 Å². The van der Waals surface area contributed by atoms with Gasteiger partial charge in [-0.15, -0.1) is 12.4 Å². The quantitative estimate of drug-likeness (QED) is 0.346. The Bertz CT molecular complexity index is 854. The topological polar surface area (TPSA) is 134 Å². The van der Waals surface area contributed by atoms with Crippen molar-refractivity contribution in [1.29, 1.82) is 0 Å². The first-order valence-electron chi connectivity index (χ1n) is 10.5. The van der Waals surface area contributed by atoms with E-state index < -0.39 is 18.2 Å². The van der Waals surface area contributed by atoms with Crippen LogP contribution < -0.4 is 16.4 Å². The van der Waals surface area contributed by atoms with Gasteiger partial charge in [0.15, 0.2) is 0 Å². The van der Waals surface area contributed by atoms with E-state index in [1.165, 1.54) is 4.90 Å². The molecule has 180 valence electrons. The SMILES string of the molecule is Cl.N[C@@H](CCCN(Cc1ccccc1)C(=O)O)C(=O)NCCNC(=O)OCc1ccccc1. The number of nitrogens with one attached hydrogen (secondary N) is 2. The number of hydrogen-bond donors (Lipinski definition) is 4. The molecule has 0 heterocycles. The molecule has 0 saturated heterocycles. The zero-order valence-electron chi connectivity index (χ0n) is 18.3. The van der Waals surface area contributed by atoms with E-state index in [4.69, 9.17) is 10.5 Å². The summed E-state index contributed by atoms with van der Waals surface area (Å²) in [4.78, 5) is 36.5. The molecule has 0 aliphatic carbocycles. The molecule has 2 aromatic carbocycles. The van der Waals surface area contributed by atoms with E-state index >= 15 is 0 Å². The summed E-state index contributed by atoms with van der Waals surface area (Å²) in [5.74, 6) is -0.352. The van der Waals surface area contributed by atoms with Gasteiger partial charge in [-0.25, -0.2) is 9.59 Å². The number of ether oxygens (including phenoxy) is 1. The molecule has 0 saturated carbocycles. The molecule has 2 aromatic rings. The predicted molar refractivity (Wildman–Crippen MR) is 127 cm³/mol. The van der Waals surface area contributed by atoms with Crippen LogP contribution in [-0.2, 0) is 22.7 Å². The van der Waals surface area contributed by atoms with Gasteiger partial charge < -0.3 is 31.1 Å². The molecule has 0 spiro atoms. The molecule has 2 rings (SSSR count). The largest absolute Gasteiger partial charge is 0.465 e. The lowest BCUT2D eigenvalue weighted by Crippen LogP contribution is -2.44. The van der Waals surface area contributed by atoms with Crippen LogP contribution in [0.1, 0.15) is 24.0 Å². The second-order valence-corrected chi connectivity index (χ2v) is 7.22. The van der Waals surface area contributed by atoms with Crippen molar-refractivity contribution in [3.05, 3.63) is 71.8 Å². The molecule has 1 atom stereocenters. The summed E-state index contributed by atoms with van der Waals surface area (Å²) in [7, 11) is 0. The highest BCUT2D eigenvalue weighted by atomic mass is 35.5. The van der Waals surface area contributed by atoms with E-state index in [-0.39, 0.29) is 51.1 Å². The van der Waals surface area contributed by atoms with Crippen LogP contribution in [0, 0.1) is 0 Å². The summed E-state index contributed by atoms with van der Waals surface area (Å²) in [6.07, 6.45) is -0.786. The Kier molecular flexibility index (Phi) is 13.0. The van der Waals surface area contributed by atoms with Gasteiger partial charge in [-0.2, -0.15) is 0 Å². The van der Waals surface area contributed by atoms with Crippen LogP contribution in [0.15, 0.2) is 60.7 Å². The summed E-state index contributed by atoms with van der Waals surface area (Å²) in [6.45, 7) is 1.14. The fraction of sp³-hybridized carbons (Fsp3) is 0.348. The lowest BCUT2D eigenvalue weighted by Gasteiger charge is -2.20. The fourth-order valence-electron chi connectivity index (χ4n) is 2.93. The summed E-state index contributed by atoms with van der Waals surface area (Å²) < 4.78 is 5.08. The fourth-order valence-corrected chi connectivity index (χ4v) is 2.93. The van der Waals surface area contributed by atoms with Crippen molar-refractivity contribution in [2.24, 2.45) is 5.73 Å². The Morgan fingerprint density at radius 3 is 2.12 bits per heavy atom. The predicted octanol–water partition coefficient (Wildman–Crippen LogP) is 2.74. The lowest BCUT2D eigenvalue weighted by molar-refractivity contribution is -0.122. The average molecular weight is 479 g/mol. The number of amides is 3. The number of nitrogens with two attached hydrogens (primary N) is 1. The Morgan fingerprint density at radius 2 is 1.52 bits per heavy atom. The molecule has 10 heteroatoms. The number of halogens is 1. The third kappa shape index (κ3) is 11.2. The van der Waals surface area contributed by atoms with Crippen LogP contribution in [0.2, 0.25) is 0 Å². The second kappa shape index (κ2) is 15.5. The Morgan fingerprint density at radius 1 is 0.939 bits per heavy atom. The van der Waals surface area contributed by atoms with Crippen molar-refractivity contribution in [1.82, 2.24) is 15.5 Å². The van der Waals surface area contributed by atoms with Crippen LogP contribution in [0.3, 0.4) is 0 Å². The smallest absolute Gasteiger partial charge is 0.407 e. The van der Waals surface area contributed by atoms with Gasteiger partial charge >= 0.3 is 12.2 Å². The van der Waals surface area contributed by atoms with E-state index in [0.717, 1.165) is 11.1 Å². The first kappa shape index (κ1) is 27.7. The lowest BCUT2D eigenvalue weighted by atomic mass is 10.1. The number of rotatable bonds is 12. The number of benzene rings is 2. The highest BCUT2D eigenvalue weighted by Gasteiger charge is 2.16. The molecule has 0 radical (unpaired) electrons. The Labute approximate surface area is 199 Å². The number of nitrogens with zero attached hydrogens (tertiary/aromatic N) is 1. The average Bonchev–Trinajstić information content (AvgIpc) is 2.80. The Balaban J connectivity index is 0.00000544. The molecule has 3 amide bonds. The van der Waals surface area contributed by atoms with Gasteiger partial charge in [0, 0.05) is 26.2 Å². The standard InChI is InChI=1S/C23H30N4O5.ClH/c24-20(12-7-15-27(23(30)31)16-18-8-3-1-4-9-18)21(28)25-13-14-26-22(29)32-17-19-10-5-2-6-11-19;/h1-6,8-11,20H,7,12-17,24H2,(H,25,28)(H,26,29)(H,30,31);1H/t20-;/m0./s1. The van der Waals surface area contributed by atoms with Crippen molar-refractivity contribution >= 4 is 30.5 Å². The van der Waals surface area contributed by atoms with Crippen LogP contribution in [-0.4, -0.2) is 53.8 Å². The molecular weight excluding hydrogens is 448 g/mol. The van der Waals surface area contributed by atoms with Gasteiger partial charge in [-0.1, -0.05) is 60.7 Å². The van der Waals surface area contributed by atoms with Crippen LogP contribution in [0.25, 0.3) is 0 Å². The molecule has 9 nitrogen and oxygen atoms in total. The van der Waals surface area contributed by atoms with Gasteiger partial charge in [0.05, 0.1) is 6.04 Å². The normalized spacial score (nSPS) is 10.9. The molecule has 0 unspecified atom stereocenters. The van der Waals surface area contributed by atoms with Gasteiger partial charge in [-0.3, -0.25) is 4.79 Å². The zero-order valence-corrected chi connectivity index (χ0v) is 19.1. The first-order chi connectivity index (χ1) is 15.5. The van der Waals surface area contributed by atoms with Crippen LogP contribution >= 0.6 is 12.4 Å². The minimum Gasteiger partial charge on any atom is -0.465 e. The van der Waals surface area contributed by atoms with E-state index in [1.54, 1.807) is 0 Å². The van der Waals surface area contributed by atoms with Crippen molar-refractivity contribution in [3.8, 4) is 0 Å². The summed E-state index contributed by atoms with van der Waals surface area (Å²) in [5.41, 5.74) is 7.67. The molecule has 5 N–H and O–H groups in total. The minimum absolute atomic E-state index is 0. The van der Waals surface area contributed by atoms with E-state index in [2.05, 4.69) is 10.6 Å². The molecule has 33 heavy (non-hydrogen) atoms. The number of carbonyl (C=O) groups excluding carboxylic acids is 2. The third-order valence-electron chi connectivity index (χ3n) is 4.67. The molecule has 0 aromatic heterocycles. The van der Waals surface area contributed by atoms with Gasteiger partial charge in [0.2, 0.25) is 5.91 Å². The maximum atomic E-state index is 12.1. The van der Waals surface area contributed by atoms with Crippen LogP contribution in [0.4, 0.5) is 9.59 Å². The molecule has 0 fully saturated rings. The van der Waals surface area contributed by atoms with Gasteiger partial charge in [0.25, 0.3) is 0 Å². The maximum Gasteiger partial charge on any atom is 0.407 e. The van der Waals surface area contributed by atoms with Crippen LogP contribution in [0.5, 0.6) is 0 Å². The number of hydrogen-bond acceptors (Lipinski definition) is 5. The molecule has 0 aliphatic rings. The van der Waals surface area contributed by atoms with Crippen molar-refractivity contribution in [3.63, 3.8) is 0 Å². The van der Waals surface area contributed by atoms with Crippen molar-refractivity contribution < 1.29 is 24.2 Å². The van der Waals surface area contributed by atoms with E-state index in [1.807, 2.05) is 60.7 Å². The zero-order chi connectivity index (χ0) is 23.2. The maximum absolute atomic E-state index is 12.1. The number of alkyl carbamates (subject to hydrolysis) is 1. The van der Waals surface area contributed by atoms with Gasteiger partial charge in [-0.05, 0) is 24.0 Å². The molecule has 0 bridgehead atoms. The highest BCUT2D eigenvalue weighted by Crippen LogP contribution is 2.07. The van der Waals surface area contributed by atoms with E-state index in [0.29, 0.717) is 12.8 Å². The summed E-state index contributed by atoms with van der Waals surface area (Å²) >= 11 is 0. The number of carbonyl (C=O) groups is 3. The third-order valence-corrected chi connectivity index (χ3v) is 4.67. The summed E-state index contributed by atoms with van der Waals surface area (Å²) in [6, 6.07) is 17.8. The molecular formula is C23H31ClN4O5. The summed E-state index contributed by atoms with van der Waals surface area (Å²) in [5, 5.41) is 14.6. The van der Waals surface area contributed by atoms with Crippen molar-refractivity contribution in [2.45, 2.75) is 32.0 Å². The molecule has 0 aliphatic heterocycles. The Hall–Kier alpha value is -3.30.